The van der Waals surface area contributed by atoms with Crippen LogP contribution in [0.3, 0.4) is 0 Å². The molecule has 3 heteroatoms. The van der Waals surface area contributed by atoms with E-state index in [0.29, 0.717) is 0 Å². The first-order valence-electron chi connectivity index (χ1n) is 7.53. The van der Waals surface area contributed by atoms with Crippen molar-refractivity contribution in [3.8, 4) is 0 Å². The second-order valence-corrected chi connectivity index (χ2v) is 5.66. The molecule has 1 aliphatic rings. The zero-order valence-corrected chi connectivity index (χ0v) is 12.5. The third-order valence-corrected chi connectivity index (χ3v) is 4.12. The van der Waals surface area contributed by atoms with E-state index >= 15 is 0 Å². The minimum absolute atomic E-state index is 0.205. The van der Waals surface area contributed by atoms with Crippen LogP contribution in [-0.4, -0.2) is 25.3 Å². The molecule has 21 heavy (non-hydrogen) atoms. The molecule has 2 aromatic rings. The Hall–Kier alpha value is -2.00. The third-order valence-electron chi connectivity index (χ3n) is 4.12. The molecule has 2 aromatic carbocycles. The number of nitrogens with zero attached hydrogens (tertiary/aromatic N) is 1. The summed E-state index contributed by atoms with van der Waals surface area (Å²) in [7, 11) is 2.15. The number of aliphatic hydroxyl groups is 1. The fourth-order valence-corrected chi connectivity index (χ4v) is 2.85. The summed E-state index contributed by atoms with van der Waals surface area (Å²) in [4.78, 5) is 2.31. The molecule has 0 aliphatic carbocycles. The van der Waals surface area contributed by atoms with Gasteiger partial charge in [0.1, 0.15) is 0 Å². The van der Waals surface area contributed by atoms with Gasteiger partial charge in [-0.15, -0.1) is 0 Å². The predicted molar refractivity (Wildman–Crippen MR) is 88.0 cm³/mol. The summed E-state index contributed by atoms with van der Waals surface area (Å²) in [5.74, 6) is 0. The van der Waals surface area contributed by atoms with E-state index in [1.807, 2.05) is 0 Å². The molecule has 0 atom stereocenters. The monoisotopic (exact) mass is 282 g/mol. The number of rotatable bonds is 5. The van der Waals surface area contributed by atoms with E-state index in [2.05, 4.69) is 59.7 Å². The molecule has 1 heterocycles. The molecule has 110 valence electrons. The van der Waals surface area contributed by atoms with Crippen LogP contribution in [0.4, 0.5) is 11.4 Å². The first-order valence-corrected chi connectivity index (χ1v) is 7.53. The highest BCUT2D eigenvalue weighted by molar-refractivity contribution is 5.58. The first kappa shape index (κ1) is 14.0. The third kappa shape index (κ3) is 3.19. The first-order chi connectivity index (χ1) is 10.3. The molecule has 0 amide bonds. The molecule has 0 fully saturated rings. The zero-order valence-electron chi connectivity index (χ0n) is 12.5. The number of fused-ring (bicyclic) bond motifs is 1. The van der Waals surface area contributed by atoms with Crippen molar-refractivity contribution < 1.29 is 5.11 Å². The Kier molecular flexibility index (Phi) is 4.11. The van der Waals surface area contributed by atoms with Gasteiger partial charge in [0.15, 0.2) is 0 Å². The van der Waals surface area contributed by atoms with E-state index in [0.717, 1.165) is 31.6 Å². The number of hydrogen-bond acceptors (Lipinski definition) is 3. The topological polar surface area (TPSA) is 35.5 Å². The van der Waals surface area contributed by atoms with Gasteiger partial charge in [0.25, 0.3) is 0 Å². The summed E-state index contributed by atoms with van der Waals surface area (Å²) in [6.45, 7) is 2.17. The maximum Gasteiger partial charge on any atom is 0.0471 e. The number of hydrogen-bond donors (Lipinski definition) is 2. The standard InChI is InChI=1S/C18H22N2O/c1-20-10-8-16-12-15(4-7-18(16)20)13-19-17-5-2-14(3-6-17)9-11-21/h2-7,12,19,21H,8-11,13H2,1H3. The molecule has 3 nitrogen and oxygen atoms in total. The molecule has 2 N–H and O–H groups in total. The summed E-state index contributed by atoms with van der Waals surface area (Å²) in [6.07, 6.45) is 1.87. The number of benzene rings is 2. The van der Waals surface area contributed by atoms with Gasteiger partial charge in [-0.05, 0) is 47.7 Å². The maximum absolute atomic E-state index is 8.92. The van der Waals surface area contributed by atoms with Crippen LogP contribution < -0.4 is 10.2 Å². The lowest BCUT2D eigenvalue weighted by Crippen LogP contribution is -2.12. The summed E-state index contributed by atoms with van der Waals surface area (Å²) in [5, 5.41) is 12.4. The van der Waals surface area contributed by atoms with Crippen molar-refractivity contribution in [2.75, 3.05) is 30.4 Å². The van der Waals surface area contributed by atoms with E-state index in [4.69, 9.17) is 5.11 Å². The highest BCUT2D eigenvalue weighted by Crippen LogP contribution is 2.27. The van der Waals surface area contributed by atoms with Crippen molar-refractivity contribution in [2.45, 2.75) is 19.4 Å². The number of nitrogens with one attached hydrogen (secondary N) is 1. The van der Waals surface area contributed by atoms with Gasteiger partial charge < -0.3 is 15.3 Å². The van der Waals surface area contributed by atoms with Crippen LogP contribution in [0.25, 0.3) is 0 Å². The van der Waals surface area contributed by atoms with Crippen LogP contribution in [0.5, 0.6) is 0 Å². The van der Waals surface area contributed by atoms with E-state index in [9.17, 15) is 0 Å². The number of likely N-dealkylation sites (N-methyl/N-ethyl adjacent to an activating group) is 1. The van der Waals surface area contributed by atoms with Crippen LogP contribution in [0.2, 0.25) is 0 Å². The Bertz CT molecular complexity index is 607. The SMILES string of the molecule is CN1CCc2cc(CNc3ccc(CCO)cc3)ccc21. The molecular formula is C18H22N2O. The average molecular weight is 282 g/mol. The van der Waals surface area contributed by atoms with Gasteiger partial charge in [0.2, 0.25) is 0 Å². The fraction of sp³-hybridized carbons (Fsp3) is 0.333. The van der Waals surface area contributed by atoms with Crippen LogP contribution in [0, 0.1) is 0 Å². The average Bonchev–Trinajstić information content (AvgIpc) is 2.88. The van der Waals surface area contributed by atoms with Gasteiger partial charge >= 0.3 is 0 Å². The summed E-state index contributed by atoms with van der Waals surface area (Å²) >= 11 is 0. The molecule has 1 aliphatic heterocycles. The summed E-state index contributed by atoms with van der Waals surface area (Å²) < 4.78 is 0. The minimum Gasteiger partial charge on any atom is -0.396 e. The molecule has 0 spiro atoms. The fourth-order valence-electron chi connectivity index (χ4n) is 2.85. The van der Waals surface area contributed by atoms with E-state index in [1.165, 1.54) is 22.4 Å². The molecule has 0 aromatic heterocycles. The number of anilines is 2. The second kappa shape index (κ2) is 6.19. The van der Waals surface area contributed by atoms with Crippen molar-refractivity contribution >= 4 is 11.4 Å². The molecule has 0 unspecified atom stereocenters. The summed E-state index contributed by atoms with van der Waals surface area (Å²) in [5.41, 5.74) is 6.43. The zero-order chi connectivity index (χ0) is 14.7. The molecule has 0 bridgehead atoms. The van der Waals surface area contributed by atoms with E-state index < -0.39 is 0 Å². The quantitative estimate of drug-likeness (QED) is 0.885. The normalized spacial score (nSPS) is 13.3. The second-order valence-electron chi connectivity index (χ2n) is 5.66. The van der Waals surface area contributed by atoms with Gasteiger partial charge in [0, 0.05) is 38.1 Å². The lowest BCUT2D eigenvalue weighted by Gasteiger charge is -2.13. The molecule has 0 saturated carbocycles. The Balaban J connectivity index is 1.62. The number of aliphatic hydroxyl groups excluding tert-OH is 1. The molecule has 0 radical (unpaired) electrons. The van der Waals surface area contributed by atoms with Gasteiger partial charge in [-0.3, -0.25) is 0 Å². The summed E-state index contributed by atoms with van der Waals surface area (Å²) in [6, 6.07) is 15.0. The van der Waals surface area contributed by atoms with Crippen LogP contribution in [0.15, 0.2) is 42.5 Å². The van der Waals surface area contributed by atoms with Crippen LogP contribution in [-0.2, 0) is 19.4 Å². The van der Waals surface area contributed by atoms with Gasteiger partial charge in [-0.2, -0.15) is 0 Å². The van der Waals surface area contributed by atoms with Crippen molar-refractivity contribution in [2.24, 2.45) is 0 Å². The lowest BCUT2D eigenvalue weighted by atomic mass is 10.1. The molecule has 0 saturated heterocycles. The van der Waals surface area contributed by atoms with Crippen LogP contribution >= 0.6 is 0 Å². The maximum atomic E-state index is 8.92. The lowest BCUT2D eigenvalue weighted by molar-refractivity contribution is 0.299. The van der Waals surface area contributed by atoms with Gasteiger partial charge in [-0.25, -0.2) is 0 Å². The smallest absolute Gasteiger partial charge is 0.0471 e. The highest BCUT2D eigenvalue weighted by atomic mass is 16.2. The Morgan fingerprint density at radius 1 is 1.10 bits per heavy atom. The van der Waals surface area contributed by atoms with Crippen molar-refractivity contribution in [1.82, 2.24) is 0 Å². The highest BCUT2D eigenvalue weighted by Gasteiger charge is 2.15. The Labute approximate surface area is 126 Å². The van der Waals surface area contributed by atoms with Crippen molar-refractivity contribution in [3.05, 3.63) is 59.2 Å². The van der Waals surface area contributed by atoms with E-state index in [1.54, 1.807) is 0 Å². The van der Waals surface area contributed by atoms with Crippen molar-refractivity contribution in [3.63, 3.8) is 0 Å². The molecular weight excluding hydrogens is 260 g/mol. The largest absolute Gasteiger partial charge is 0.396 e. The Morgan fingerprint density at radius 3 is 2.62 bits per heavy atom. The predicted octanol–water partition coefficient (Wildman–Crippen LogP) is 2.83. The van der Waals surface area contributed by atoms with E-state index in [-0.39, 0.29) is 6.61 Å². The van der Waals surface area contributed by atoms with Crippen LogP contribution in [0.1, 0.15) is 16.7 Å². The van der Waals surface area contributed by atoms with Crippen molar-refractivity contribution in [1.29, 1.82) is 0 Å². The molecule has 3 rings (SSSR count). The Morgan fingerprint density at radius 2 is 1.86 bits per heavy atom. The van der Waals surface area contributed by atoms with Gasteiger partial charge in [-0.1, -0.05) is 24.3 Å². The minimum atomic E-state index is 0.205. The van der Waals surface area contributed by atoms with Gasteiger partial charge in [0.05, 0.1) is 0 Å².